The number of sulfone groups is 1. The lowest BCUT2D eigenvalue weighted by atomic mass is 10.2. The molecule has 0 unspecified atom stereocenters. The molecule has 0 amide bonds. The molecule has 0 spiro atoms. The minimum Gasteiger partial charge on any atom is -0.490 e. The van der Waals surface area contributed by atoms with Gasteiger partial charge in [-0.1, -0.05) is 11.6 Å². The summed E-state index contributed by atoms with van der Waals surface area (Å²) in [4.78, 5) is 4.22. The van der Waals surface area contributed by atoms with Crippen molar-refractivity contribution in [3.63, 3.8) is 0 Å². The van der Waals surface area contributed by atoms with E-state index in [0.717, 1.165) is 5.69 Å². The molecular weight excluding hydrogens is 326 g/mol. The van der Waals surface area contributed by atoms with Gasteiger partial charge in [-0.2, -0.15) is 5.10 Å². The number of rotatable bonds is 3. The maximum atomic E-state index is 11.4. The molecule has 0 bridgehead atoms. The SMILES string of the molecule is Cc1ccn(-c2cc(OC3CCS(=O)(=O)CC3)cc(Cl)n2)n1. The highest BCUT2D eigenvalue weighted by molar-refractivity contribution is 7.91. The average molecular weight is 342 g/mol. The molecule has 2 aromatic heterocycles. The summed E-state index contributed by atoms with van der Waals surface area (Å²) in [5.41, 5.74) is 0.877. The summed E-state index contributed by atoms with van der Waals surface area (Å²) >= 11 is 6.04. The number of hydrogen-bond donors (Lipinski definition) is 0. The van der Waals surface area contributed by atoms with Crippen LogP contribution in [-0.2, 0) is 9.84 Å². The van der Waals surface area contributed by atoms with E-state index < -0.39 is 9.84 Å². The summed E-state index contributed by atoms with van der Waals surface area (Å²) in [6, 6.07) is 5.25. The zero-order chi connectivity index (χ0) is 15.7. The first kappa shape index (κ1) is 15.3. The quantitative estimate of drug-likeness (QED) is 0.800. The van der Waals surface area contributed by atoms with Crippen LogP contribution in [0.15, 0.2) is 24.4 Å². The van der Waals surface area contributed by atoms with E-state index in [1.54, 1.807) is 23.0 Å². The summed E-state index contributed by atoms with van der Waals surface area (Å²) in [6.45, 7) is 1.89. The minimum atomic E-state index is -2.90. The lowest BCUT2D eigenvalue weighted by molar-refractivity contribution is 0.189. The molecule has 0 radical (unpaired) electrons. The topological polar surface area (TPSA) is 74.1 Å². The lowest BCUT2D eigenvalue weighted by Crippen LogP contribution is -2.30. The van der Waals surface area contributed by atoms with Gasteiger partial charge >= 0.3 is 0 Å². The van der Waals surface area contributed by atoms with E-state index in [0.29, 0.717) is 29.6 Å². The first-order valence-corrected chi connectivity index (χ1v) is 9.18. The number of pyridine rings is 1. The van der Waals surface area contributed by atoms with Crippen molar-refractivity contribution in [1.82, 2.24) is 14.8 Å². The molecule has 0 atom stereocenters. The van der Waals surface area contributed by atoms with Crippen LogP contribution in [-0.4, -0.2) is 40.8 Å². The summed E-state index contributed by atoms with van der Waals surface area (Å²) in [5.74, 6) is 1.48. The summed E-state index contributed by atoms with van der Waals surface area (Å²) < 4.78 is 30.4. The number of halogens is 1. The van der Waals surface area contributed by atoms with E-state index in [1.807, 2.05) is 13.0 Å². The van der Waals surface area contributed by atoms with Crippen LogP contribution in [0.25, 0.3) is 5.82 Å². The highest BCUT2D eigenvalue weighted by Gasteiger charge is 2.25. The Bertz CT molecular complexity index is 774. The van der Waals surface area contributed by atoms with E-state index in [-0.39, 0.29) is 17.6 Å². The Morgan fingerprint density at radius 1 is 1.32 bits per heavy atom. The van der Waals surface area contributed by atoms with Crippen LogP contribution in [0.2, 0.25) is 5.15 Å². The van der Waals surface area contributed by atoms with Gasteiger partial charge in [0.1, 0.15) is 17.0 Å². The molecule has 1 saturated heterocycles. The van der Waals surface area contributed by atoms with Crippen LogP contribution in [0.1, 0.15) is 18.5 Å². The zero-order valence-corrected chi connectivity index (χ0v) is 13.6. The zero-order valence-electron chi connectivity index (χ0n) is 12.1. The van der Waals surface area contributed by atoms with Gasteiger partial charge in [0, 0.05) is 18.3 Å². The number of nitrogens with zero attached hydrogens (tertiary/aromatic N) is 3. The number of hydrogen-bond acceptors (Lipinski definition) is 5. The van der Waals surface area contributed by atoms with Gasteiger partial charge in [-0.05, 0) is 25.8 Å². The Morgan fingerprint density at radius 3 is 2.68 bits per heavy atom. The van der Waals surface area contributed by atoms with Crippen molar-refractivity contribution in [2.45, 2.75) is 25.9 Å². The molecule has 0 N–H and O–H groups in total. The van der Waals surface area contributed by atoms with Crippen LogP contribution < -0.4 is 4.74 Å². The van der Waals surface area contributed by atoms with Gasteiger partial charge in [-0.3, -0.25) is 0 Å². The molecule has 0 aromatic carbocycles. The molecule has 8 heteroatoms. The van der Waals surface area contributed by atoms with E-state index in [1.165, 1.54) is 0 Å². The predicted molar refractivity (Wildman–Crippen MR) is 83.4 cm³/mol. The van der Waals surface area contributed by atoms with Crippen molar-refractivity contribution in [2.75, 3.05) is 11.5 Å². The third-order valence-electron chi connectivity index (χ3n) is 3.52. The standard InChI is InChI=1S/C14H16ClN3O3S/c1-10-2-5-18(17-10)14-9-12(8-13(15)16-14)21-11-3-6-22(19,20)7-4-11/h2,5,8-9,11H,3-4,6-7H2,1H3. The minimum absolute atomic E-state index is 0.116. The second kappa shape index (κ2) is 5.89. The smallest absolute Gasteiger partial charge is 0.158 e. The van der Waals surface area contributed by atoms with Crippen LogP contribution in [0.5, 0.6) is 5.75 Å². The Morgan fingerprint density at radius 2 is 2.05 bits per heavy atom. The van der Waals surface area contributed by atoms with E-state index in [4.69, 9.17) is 16.3 Å². The van der Waals surface area contributed by atoms with E-state index in [2.05, 4.69) is 10.1 Å². The third kappa shape index (κ3) is 3.59. The van der Waals surface area contributed by atoms with Crippen LogP contribution >= 0.6 is 11.6 Å². The average Bonchev–Trinajstić information content (AvgIpc) is 2.87. The van der Waals surface area contributed by atoms with Gasteiger partial charge in [0.15, 0.2) is 15.7 Å². The fourth-order valence-electron chi connectivity index (χ4n) is 2.37. The molecular formula is C14H16ClN3O3S. The second-order valence-corrected chi connectivity index (χ2v) is 8.05. The fraction of sp³-hybridized carbons (Fsp3) is 0.429. The monoisotopic (exact) mass is 341 g/mol. The summed E-state index contributed by atoms with van der Waals surface area (Å²) in [6.07, 6.45) is 2.68. The van der Waals surface area contributed by atoms with Gasteiger partial charge in [-0.15, -0.1) is 0 Å². The van der Waals surface area contributed by atoms with Crippen molar-refractivity contribution in [3.8, 4) is 11.6 Å². The predicted octanol–water partition coefficient (Wildman–Crippen LogP) is 2.19. The first-order chi connectivity index (χ1) is 10.4. The normalized spacial score (nSPS) is 18.3. The first-order valence-electron chi connectivity index (χ1n) is 6.99. The van der Waals surface area contributed by atoms with E-state index >= 15 is 0 Å². The number of aromatic nitrogens is 3. The Hall–Kier alpha value is -1.60. The maximum absolute atomic E-state index is 11.4. The molecule has 3 rings (SSSR count). The molecule has 1 aliphatic heterocycles. The van der Waals surface area contributed by atoms with Gasteiger partial charge in [0.05, 0.1) is 17.2 Å². The molecule has 0 saturated carbocycles. The molecule has 118 valence electrons. The highest BCUT2D eigenvalue weighted by Crippen LogP contribution is 2.24. The molecule has 1 aliphatic rings. The molecule has 1 fully saturated rings. The molecule has 3 heterocycles. The highest BCUT2D eigenvalue weighted by atomic mass is 35.5. The molecule has 2 aromatic rings. The number of ether oxygens (including phenoxy) is 1. The van der Waals surface area contributed by atoms with Crippen molar-refractivity contribution in [3.05, 3.63) is 35.2 Å². The van der Waals surface area contributed by atoms with E-state index in [9.17, 15) is 8.42 Å². The van der Waals surface area contributed by atoms with Gasteiger partial charge in [-0.25, -0.2) is 18.1 Å². The maximum Gasteiger partial charge on any atom is 0.158 e. The van der Waals surface area contributed by atoms with Crippen molar-refractivity contribution < 1.29 is 13.2 Å². The van der Waals surface area contributed by atoms with Crippen molar-refractivity contribution in [2.24, 2.45) is 0 Å². The Kier molecular flexibility index (Phi) is 4.10. The number of aryl methyl sites for hydroxylation is 1. The molecule has 0 aliphatic carbocycles. The van der Waals surface area contributed by atoms with Crippen molar-refractivity contribution in [1.29, 1.82) is 0 Å². The third-order valence-corrected chi connectivity index (χ3v) is 5.42. The van der Waals surface area contributed by atoms with Crippen LogP contribution in [0.4, 0.5) is 0 Å². The van der Waals surface area contributed by atoms with Gasteiger partial charge in [0.25, 0.3) is 0 Å². The second-order valence-electron chi connectivity index (χ2n) is 5.35. The summed E-state index contributed by atoms with van der Waals surface area (Å²) in [7, 11) is -2.90. The Labute approximate surface area is 134 Å². The van der Waals surface area contributed by atoms with Crippen LogP contribution in [0, 0.1) is 6.92 Å². The fourth-order valence-corrected chi connectivity index (χ4v) is 4.01. The lowest BCUT2D eigenvalue weighted by Gasteiger charge is -2.23. The van der Waals surface area contributed by atoms with Crippen molar-refractivity contribution >= 4 is 21.4 Å². The largest absolute Gasteiger partial charge is 0.490 e. The molecule has 6 nitrogen and oxygen atoms in total. The van der Waals surface area contributed by atoms with Gasteiger partial charge in [0.2, 0.25) is 0 Å². The molecule has 22 heavy (non-hydrogen) atoms. The Balaban J connectivity index is 1.78. The van der Waals surface area contributed by atoms with Crippen LogP contribution in [0.3, 0.4) is 0 Å². The summed E-state index contributed by atoms with van der Waals surface area (Å²) in [5, 5.41) is 4.60. The van der Waals surface area contributed by atoms with Gasteiger partial charge < -0.3 is 4.74 Å².